The van der Waals surface area contributed by atoms with Crippen LogP contribution < -0.4 is 0 Å². The van der Waals surface area contributed by atoms with Gasteiger partial charge in [-0.15, -0.1) is 0 Å². The maximum Gasteiger partial charge on any atom is 0.171 e. The fourth-order valence-electron chi connectivity index (χ4n) is 15.9. The Morgan fingerprint density at radius 3 is 1.89 bits per heavy atom. The minimum Gasteiger partial charge on any atom is -0.390 e. The summed E-state index contributed by atoms with van der Waals surface area (Å²) in [4.78, 5) is 0. The molecule has 10 fully saturated rings. The van der Waals surface area contributed by atoms with Crippen molar-refractivity contribution in [3.63, 3.8) is 0 Å². The molecule has 75 heavy (non-hydrogen) atoms. The Morgan fingerprint density at radius 2 is 1.08 bits per heavy atom. The van der Waals surface area contributed by atoms with Gasteiger partial charge in [-0.1, -0.05) is 64.2 Å². The van der Waals surface area contributed by atoms with Gasteiger partial charge in [-0.25, -0.2) is 0 Å². The zero-order valence-corrected chi connectivity index (χ0v) is 44.2. The average Bonchev–Trinajstić information content (AvgIpc) is 3.67. The fraction of sp³-hybridized carbons (Fsp3) is 0.895. The third-order valence-corrected chi connectivity index (χ3v) is 20.5. The van der Waals surface area contributed by atoms with Gasteiger partial charge in [0.2, 0.25) is 0 Å². The fourth-order valence-corrected chi connectivity index (χ4v) is 15.9. The second-order valence-electron chi connectivity index (χ2n) is 25.3. The summed E-state index contributed by atoms with van der Waals surface area (Å²) >= 11 is 0. The predicted octanol–water partition coefficient (Wildman–Crippen LogP) is 3.27. The van der Waals surface area contributed by atoms with Gasteiger partial charge < -0.3 is 87.1 Å². The van der Waals surface area contributed by atoms with Crippen molar-refractivity contribution in [3.05, 3.63) is 36.5 Å². The number of hydrogen-bond donors (Lipinski definition) is 5. The van der Waals surface area contributed by atoms with Gasteiger partial charge >= 0.3 is 0 Å². The van der Waals surface area contributed by atoms with Crippen LogP contribution in [0.15, 0.2) is 36.5 Å². The van der Waals surface area contributed by atoms with Gasteiger partial charge in [0.05, 0.1) is 123 Å². The maximum absolute atomic E-state index is 12.4. The molecule has 0 bridgehead atoms. The van der Waals surface area contributed by atoms with Crippen molar-refractivity contribution in [1.82, 2.24) is 0 Å². The zero-order valence-electron chi connectivity index (χ0n) is 44.2. The van der Waals surface area contributed by atoms with Crippen molar-refractivity contribution < 1.29 is 87.1 Å². The van der Waals surface area contributed by atoms with Crippen LogP contribution in [0.1, 0.15) is 112 Å². The van der Waals surface area contributed by atoms with Crippen LogP contribution >= 0.6 is 0 Å². The first-order valence-corrected chi connectivity index (χ1v) is 29.0. The molecule has 13 aliphatic rings. The quantitative estimate of drug-likeness (QED) is 0.220. The van der Waals surface area contributed by atoms with Crippen LogP contribution in [-0.4, -0.2) is 209 Å². The Kier molecular flexibility index (Phi) is 14.7. The second kappa shape index (κ2) is 20.8. The Bertz CT molecular complexity index is 2100. The average molecular weight is 1060 g/mol. The zero-order chi connectivity index (χ0) is 51.7. The highest BCUT2D eigenvalue weighted by molar-refractivity contribution is 5.14. The van der Waals surface area contributed by atoms with Crippen molar-refractivity contribution in [2.45, 2.75) is 282 Å². The Morgan fingerprint density at radius 1 is 0.453 bits per heavy atom. The molecule has 5 N–H and O–H groups in total. The van der Waals surface area contributed by atoms with E-state index in [1.54, 1.807) is 0 Å². The number of aliphatic hydroxyl groups excluding tert-OH is 5. The van der Waals surface area contributed by atoms with E-state index in [9.17, 15) is 25.5 Å². The van der Waals surface area contributed by atoms with E-state index in [4.69, 9.17) is 61.6 Å². The molecule has 0 unspecified atom stereocenters. The lowest BCUT2D eigenvalue weighted by molar-refractivity contribution is -0.339. The summed E-state index contributed by atoms with van der Waals surface area (Å²) < 4.78 is 88.6. The minimum absolute atomic E-state index is 0.0930. The highest BCUT2D eigenvalue weighted by atomic mass is 16.7. The highest BCUT2D eigenvalue weighted by Crippen LogP contribution is 2.52. The summed E-state index contributed by atoms with van der Waals surface area (Å²) in [5, 5.41) is 56.7. The molecular weight excluding hydrogens is 973 g/mol. The Hall–Kier alpha value is -1.50. The van der Waals surface area contributed by atoms with Crippen LogP contribution in [0, 0.1) is 23.7 Å². The largest absolute Gasteiger partial charge is 0.390 e. The minimum atomic E-state index is -1.05. The molecule has 0 radical (unpaired) electrons. The molecule has 13 aliphatic heterocycles. The molecular formula is C57H84O18. The van der Waals surface area contributed by atoms with Gasteiger partial charge in [-0.05, 0) is 57.3 Å². The monoisotopic (exact) mass is 1060 g/mol. The molecule has 18 heteroatoms. The smallest absolute Gasteiger partial charge is 0.171 e. The number of ether oxygens (including phenoxy) is 13. The summed E-state index contributed by atoms with van der Waals surface area (Å²) in [6, 6.07) is 0. The van der Waals surface area contributed by atoms with Crippen molar-refractivity contribution in [1.29, 1.82) is 0 Å². The Balaban J connectivity index is 0.689. The first kappa shape index (κ1) is 52.8. The van der Waals surface area contributed by atoms with Gasteiger partial charge in [0.1, 0.15) is 54.4 Å². The molecule has 420 valence electrons. The van der Waals surface area contributed by atoms with E-state index < -0.39 is 103 Å². The number of fused-ring (bicyclic) bond motifs is 11. The number of aliphatic hydroxyl groups is 5. The van der Waals surface area contributed by atoms with Crippen LogP contribution in [0.2, 0.25) is 0 Å². The van der Waals surface area contributed by atoms with Gasteiger partial charge in [-0.2, -0.15) is 0 Å². The summed E-state index contributed by atoms with van der Waals surface area (Å²) in [6.07, 6.45) is 5.99. The van der Waals surface area contributed by atoms with Crippen molar-refractivity contribution in [3.8, 4) is 0 Å². The molecule has 1 spiro atoms. The van der Waals surface area contributed by atoms with Crippen LogP contribution in [0.5, 0.6) is 0 Å². The lowest BCUT2D eigenvalue weighted by Gasteiger charge is -2.53. The normalized spacial score (nSPS) is 58.6. The molecule has 18 nitrogen and oxygen atoms in total. The van der Waals surface area contributed by atoms with E-state index in [1.807, 2.05) is 19.1 Å². The molecule has 0 aromatic rings. The SMILES string of the molecule is C[C@@H]1C[C@@H]2O[C@@H]3[C@@H](C)[C@H](O)[C@@H]4O[C@]5(CCCO5)[C@@H](C)[C@H](C)[C@H]4O[C@H]3C[C@H]2O[C@H]2C[C@H]3O[C@H]4CC=CC[C@H]5O[C@H]6C=C[C@H]7O[C@H]8[C@H](O)[C@H]9OC[C@@H](O)[C@H](O)C[C@@H]9O[C@@H]8C[C@@H]7O[C@@H]6CC=C[C@@H]5O[C@@H]4C[C@@H](O)[C@]3(C)O[C@@H]2C1. The molecule has 0 saturated carbocycles. The maximum atomic E-state index is 12.4. The predicted molar refractivity (Wildman–Crippen MR) is 264 cm³/mol. The molecule has 13 heterocycles. The summed E-state index contributed by atoms with van der Waals surface area (Å²) in [6.45, 7) is 11.3. The molecule has 32 atom stereocenters. The summed E-state index contributed by atoms with van der Waals surface area (Å²) in [7, 11) is 0. The third-order valence-electron chi connectivity index (χ3n) is 20.5. The first-order valence-electron chi connectivity index (χ1n) is 29.0. The number of rotatable bonds is 0. The second-order valence-corrected chi connectivity index (χ2v) is 25.3. The topological polar surface area (TPSA) is 221 Å². The van der Waals surface area contributed by atoms with Gasteiger partial charge in [0, 0.05) is 50.4 Å². The van der Waals surface area contributed by atoms with E-state index >= 15 is 0 Å². The molecule has 13 rings (SSSR count). The standard InChI is InChI=1S/C57H84O18/c1-26-18-38-40(22-45-51(72-38)28(3)49(61)55-52(73-45)27(2)29(4)57(75-55)16-9-17-64-57)68-42-24-48-56(5,74-43(42)19-26)47(60)23-41-35(70-48)11-7-6-10-32-33(67-41)12-8-13-34-36(65-32)14-15-37-39(66-34)21-46-54(71-37)50(62)53-44(69-46)20-30(58)31(59)25-63-53/h6-8,12,14-15,26-55,58-62H,9-11,13,16-25H2,1-5H3/t26-,27+,28+,29+,30-,31-,32-,33+,34-,35+,36+,37-,38+,39+,40-,41-,42+,43-,44+,45+,46-,47-,48-,49+,50-,51-,52-,53+,54-,55+,56+,57-/m1/s1. The lowest BCUT2D eigenvalue weighted by atomic mass is 9.76. The molecule has 0 amide bonds. The molecule has 10 saturated heterocycles. The lowest BCUT2D eigenvalue weighted by Crippen LogP contribution is -2.63. The van der Waals surface area contributed by atoms with Crippen LogP contribution in [0.4, 0.5) is 0 Å². The Labute approximate surface area is 440 Å². The highest BCUT2D eigenvalue weighted by Gasteiger charge is 2.62. The van der Waals surface area contributed by atoms with Crippen LogP contribution in [0.25, 0.3) is 0 Å². The first-order chi connectivity index (χ1) is 36.1. The van der Waals surface area contributed by atoms with Crippen molar-refractivity contribution in [2.24, 2.45) is 23.7 Å². The van der Waals surface area contributed by atoms with E-state index in [-0.39, 0.29) is 104 Å². The summed E-state index contributed by atoms with van der Waals surface area (Å²) in [5.41, 5.74) is -1.02. The van der Waals surface area contributed by atoms with Crippen molar-refractivity contribution in [2.75, 3.05) is 13.2 Å². The van der Waals surface area contributed by atoms with Gasteiger partial charge in [0.15, 0.2) is 5.79 Å². The van der Waals surface area contributed by atoms with Crippen LogP contribution in [-0.2, 0) is 61.6 Å². The summed E-state index contributed by atoms with van der Waals surface area (Å²) in [5.74, 6) is -0.510. The van der Waals surface area contributed by atoms with E-state index in [1.165, 1.54) is 0 Å². The van der Waals surface area contributed by atoms with Gasteiger partial charge in [-0.3, -0.25) is 0 Å². The van der Waals surface area contributed by atoms with E-state index in [0.717, 1.165) is 25.7 Å². The van der Waals surface area contributed by atoms with E-state index in [0.29, 0.717) is 51.6 Å². The van der Waals surface area contributed by atoms with Crippen LogP contribution in [0.3, 0.4) is 0 Å². The van der Waals surface area contributed by atoms with Crippen molar-refractivity contribution >= 4 is 0 Å². The molecule has 0 aromatic carbocycles. The molecule has 0 aliphatic carbocycles. The molecule has 0 aromatic heterocycles. The van der Waals surface area contributed by atoms with E-state index in [2.05, 4.69) is 52.0 Å². The van der Waals surface area contributed by atoms with Gasteiger partial charge in [0.25, 0.3) is 0 Å². The number of hydrogen-bond acceptors (Lipinski definition) is 18. The third kappa shape index (κ3) is 9.53.